The van der Waals surface area contributed by atoms with Gasteiger partial charge in [-0.25, -0.2) is 9.50 Å². The molecule has 5 rings (SSSR count). The summed E-state index contributed by atoms with van der Waals surface area (Å²) in [6, 6.07) is 9.22. The molecule has 3 aromatic heterocycles. The largest absolute Gasteiger partial charge is 0.416 e. The van der Waals surface area contributed by atoms with E-state index in [1.54, 1.807) is 23.7 Å². The first-order chi connectivity index (χ1) is 21.0. The van der Waals surface area contributed by atoms with Crippen LogP contribution in [-0.4, -0.2) is 75.1 Å². The smallest absolute Gasteiger partial charge is 0.368 e. The molecule has 4 heterocycles. The molecule has 0 radical (unpaired) electrons. The van der Waals surface area contributed by atoms with Gasteiger partial charge in [0.15, 0.2) is 5.65 Å². The predicted molar refractivity (Wildman–Crippen MR) is 163 cm³/mol. The molecule has 1 saturated heterocycles. The second-order valence-corrected chi connectivity index (χ2v) is 11.4. The summed E-state index contributed by atoms with van der Waals surface area (Å²) in [7, 11) is 2.00. The standard InChI is InChI=1S/C32H35F3N8O/c1-21(2)17-37-29-9-10-30-38-19-27(43(30)40-29)8-6-23-15-25(18-36-22(23)3)31(44)39-26-7-5-24(28(16-26)32(33,34)35)20-42-13-11-41(4)12-14-42/h5,7,9-10,15-16,18-19,21H,11-14,17,20H2,1-4H3,(H,37,40)(H,39,44). The Bertz CT molecular complexity index is 1710. The number of nitrogens with zero attached hydrogens (tertiary/aromatic N) is 6. The van der Waals surface area contributed by atoms with Crippen LogP contribution >= 0.6 is 0 Å². The van der Waals surface area contributed by atoms with E-state index in [-0.39, 0.29) is 23.4 Å². The average Bonchev–Trinajstić information content (AvgIpc) is 3.39. The number of nitrogens with one attached hydrogen (secondary N) is 2. The number of aromatic nitrogens is 4. The zero-order chi connectivity index (χ0) is 31.4. The third kappa shape index (κ3) is 7.53. The Kier molecular flexibility index (Phi) is 9.17. The minimum absolute atomic E-state index is 0.0522. The van der Waals surface area contributed by atoms with Gasteiger partial charge in [0.25, 0.3) is 5.91 Å². The number of alkyl halides is 3. The van der Waals surface area contributed by atoms with E-state index >= 15 is 0 Å². The lowest BCUT2D eigenvalue weighted by molar-refractivity contribution is -0.138. The van der Waals surface area contributed by atoms with Crippen LogP contribution in [0.3, 0.4) is 0 Å². The number of hydrogen-bond donors (Lipinski definition) is 2. The summed E-state index contributed by atoms with van der Waals surface area (Å²) in [5, 5.41) is 10.5. The molecule has 4 aromatic rings. The molecule has 0 atom stereocenters. The van der Waals surface area contributed by atoms with Gasteiger partial charge >= 0.3 is 6.18 Å². The summed E-state index contributed by atoms with van der Waals surface area (Å²) in [5.41, 5.74) is 1.94. The number of rotatable bonds is 7. The van der Waals surface area contributed by atoms with Gasteiger partial charge in [-0.1, -0.05) is 25.8 Å². The lowest BCUT2D eigenvalue weighted by Gasteiger charge is -2.33. The van der Waals surface area contributed by atoms with E-state index in [9.17, 15) is 18.0 Å². The summed E-state index contributed by atoms with van der Waals surface area (Å²) in [4.78, 5) is 25.9. The van der Waals surface area contributed by atoms with Crippen molar-refractivity contribution in [2.24, 2.45) is 5.92 Å². The van der Waals surface area contributed by atoms with Crippen LogP contribution < -0.4 is 10.6 Å². The molecule has 1 fully saturated rings. The molecule has 0 aliphatic carbocycles. The zero-order valence-corrected chi connectivity index (χ0v) is 25.2. The fraction of sp³-hybridized carbons (Fsp3) is 0.375. The van der Waals surface area contributed by atoms with Gasteiger partial charge in [0.2, 0.25) is 0 Å². The Hall–Kier alpha value is -4.47. The summed E-state index contributed by atoms with van der Waals surface area (Å²) in [5.74, 6) is 6.66. The van der Waals surface area contributed by atoms with Crippen LogP contribution in [-0.2, 0) is 12.7 Å². The van der Waals surface area contributed by atoms with Crippen LogP contribution in [0.2, 0.25) is 0 Å². The van der Waals surface area contributed by atoms with Gasteiger partial charge < -0.3 is 15.5 Å². The second kappa shape index (κ2) is 13.0. The molecule has 12 heteroatoms. The monoisotopic (exact) mass is 604 g/mol. The van der Waals surface area contributed by atoms with Crippen LogP contribution in [0.15, 0.2) is 48.8 Å². The normalized spacial score (nSPS) is 14.5. The van der Waals surface area contributed by atoms with Gasteiger partial charge in [0.1, 0.15) is 11.5 Å². The van der Waals surface area contributed by atoms with E-state index in [1.165, 1.54) is 18.3 Å². The molecule has 0 bridgehead atoms. The molecule has 1 aromatic carbocycles. The van der Waals surface area contributed by atoms with Crippen molar-refractivity contribution in [1.29, 1.82) is 0 Å². The van der Waals surface area contributed by atoms with Gasteiger partial charge in [0.05, 0.1) is 23.0 Å². The van der Waals surface area contributed by atoms with Crippen LogP contribution in [0.5, 0.6) is 0 Å². The maximum atomic E-state index is 14.0. The maximum Gasteiger partial charge on any atom is 0.416 e. The first-order valence-corrected chi connectivity index (χ1v) is 14.5. The second-order valence-electron chi connectivity index (χ2n) is 11.4. The highest BCUT2D eigenvalue weighted by Gasteiger charge is 2.34. The molecule has 1 amide bonds. The van der Waals surface area contributed by atoms with Crippen LogP contribution in [0.25, 0.3) is 5.65 Å². The topological polar surface area (TPSA) is 90.7 Å². The SMILES string of the molecule is Cc1ncc(C(=O)Nc2ccc(CN3CCN(C)CC3)c(C(F)(F)F)c2)cc1C#Cc1cnc2ccc(NCC(C)C)nn12. The van der Waals surface area contributed by atoms with Crippen molar-refractivity contribution in [3.63, 3.8) is 0 Å². The van der Waals surface area contributed by atoms with Crippen LogP contribution in [0.4, 0.5) is 24.7 Å². The molecule has 0 unspecified atom stereocenters. The number of anilines is 2. The van der Waals surface area contributed by atoms with E-state index in [0.717, 1.165) is 25.7 Å². The molecule has 1 aliphatic rings. The van der Waals surface area contributed by atoms with Gasteiger partial charge in [-0.3, -0.25) is 14.7 Å². The fourth-order valence-corrected chi connectivity index (χ4v) is 4.78. The number of pyridine rings is 1. The van der Waals surface area contributed by atoms with E-state index < -0.39 is 17.6 Å². The summed E-state index contributed by atoms with van der Waals surface area (Å²) in [6.45, 7) is 9.95. The fourth-order valence-electron chi connectivity index (χ4n) is 4.78. The highest BCUT2D eigenvalue weighted by atomic mass is 19.4. The van der Waals surface area contributed by atoms with Gasteiger partial charge in [-0.05, 0) is 61.7 Å². The highest BCUT2D eigenvalue weighted by molar-refractivity contribution is 6.04. The number of likely N-dealkylation sites (N-methyl/N-ethyl adjacent to an activating group) is 1. The number of carbonyl (C=O) groups excluding carboxylic acids is 1. The summed E-state index contributed by atoms with van der Waals surface area (Å²) in [6.07, 6.45) is -1.56. The Morgan fingerprint density at radius 1 is 1.02 bits per heavy atom. The molecule has 9 nitrogen and oxygen atoms in total. The van der Waals surface area contributed by atoms with E-state index in [4.69, 9.17) is 0 Å². The van der Waals surface area contributed by atoms with Crippen molar-refractivity contribution in [2.45, 2.75) is 33.5 Å². The number of piperazine rings is 1. The number of carbonyl (C=O) groups is 1. The van der Waals surface area contributed by atoms with E-state index in [2.05, 4.69) is 56.3 Å². The van der Waals surface area contributed by atoms with Gasteiger partial charge in [-0.2, -0.15) is 13.2 Å². The number of halogens is 3. The third-order valence-electron chi connectivity index (χ3n) is 7.39. The van der Waals surface area contributed by atoms with Crippen molar-refractivity contribution in [1.82, 2.24) is 29.4 Å². The van der Waals surface area contributed by atoms with Crippen molar-refractivity contribution in [2.75, 3.05) is 50.4 Å². The molecule has 1 aliphatic heterocycles. The van der Waals surface area contributed by atoms with Gasteiger partial charge in [-0.15, -0.1) is 5.10 Å². The van der Waals surface area contributed by atoms with Crippen molar-refractivity contribution < 1.29 is 18.0 Å². The number of benzene rings is 1. The van der Waals surface area contributed by atoms with Gasteiger partial charge in [0, 0.05) is 56.7 Å². The molecule has 230 valence electrons. The third-order valence-corrected chi connectivity index (χ3v) is 7.39. The molecule has 0 spiro atoms. The number of hydrogen-bond acceptors (Lipinski definition) is 7. The molecule has 0 saturated carbocycles. The van der Waals surface area contributed by atoms with Crippen LogP contribution in [0.1, 0.15) is 52.3 Å². The van der Waals surface area contributed by atoms with Crippen molar-refractivity contribution in [3.8, 4) is 11.8 Å². The molecule has 44 heavy (non-hydrogen) atoms. The molecular formula is C32H35F3N8O. The van der Waals surface area contributed by atoms with Crippen molar-refractivity contribution in [3.05, 3.63) is 82.4 Å². The first-order valence-electron chi connectivity index (χ1n) is 14.5. The number of amides is 1. The summed E-state index contributed by atoms with van der Waals surface area (Å²) >= 11 is 0. The lowest BCUT2D eigenvalue weighted by Crippen LogP contribution is -2.44. The predicted octanol–water partition coefficient (Wildman–Crippen LogP) is 4.92. The Balaban J connectivity index is 1.34. The number of aryl methyl sites for hydroxylation is 1. The molecule has 2 N–H and O–H groups in total. The number of fused-ring (bicyclic) bond motifs is 1. The Morgan fingerprint density at radius 2 is 1.80 bits per heavy atom. The average molecular weight is 605 g/mol. The number of imidazole rings is 1. The quantitative estimate of drug-likeness (QED) is 0.290. The highest BCUT2D eigenvalue weighted by Crippen LogP contribution is 2.34. The summed E-state index contributed by atoms with van der Waals surface area (Å²) < 4.78 is 43.7. The Labute approximate surface area is 254 Å². The van der Waals surface area contributed by atoms with E-state index in [1.807, 2.05) is 24.1 Å². The maximum absolute atomic E-state index is 14.0. The first kappa shape index (κ1) is 31.0. The lowest BCUT2D eigenvalue weighted by atomic mass is 10.0. The minimum atomic E-state index is -4.56. The zero-order valence-electron chi connectivity index (χ0n) is 25.2. The minimum Gasteiger partial charge on any atom is -0.368 e. The van der Waals surface area contributed by atoms with Crippen LogP contribution in [0, 0.1) is 24.7 Å². The Morgan fingerprint density at radius 3 is 2.52 bits per heavy atom. The van der Waals surface area contributed by atoms with Crippen molar-refractivity contribution >= 4 is 23.1 Å². The van der Waals surface area contributed by atoms with E-state index in [0.29, 0.717) is 47.4 Å². The molecular weight excluding hydrogens is 569 g/mol.